The first-order valence-corrected chi connectivity index (χ1v) is 7.44. The molecule has 1 heterocycles. The van der Waals surface area contributed by atoms with Gasteiger partial charge in [0.2, 0.25) is 0 Å². The number of rotatable bonds is 4. The summed E-state index contributed by atoms with van der Waals surface area (Å²) in [6.07, 6.45) is 2.58. The fraction of sp³-hybridized carbons (Fsp3) is 0.278. The molecule has 21 heavy (non-hydrogen) atoms. The van der Waals surface area contributed by atoms with E-state index in [-0.39, 0.29) is 0 Å². The second-order valence-electron chi connectivity index (χ2n) is 5.37. The van der Waals surface area contributed by atoms with Gasteiger partial charge in [-0.1, -0.05) is 18.2 Å². The Labute approximate surface area is 125 Å². The lowest BCUT2D eigenvalue weighted by atomic mass is 10.1. The highest BCUT2D eigenvalue weighted by Gasteiger charge is 2.14. The van der Waals surface area contributed by atoms with E-state index in [1.54, 1.807) is 0 Å². The van der Waals surface area contributed by atoms with Crippen molar-refractivity contribution in [3.8, 4) is 6.07 Å². The molecule has 0 aliphatic carbocycles. The Balaban J connectivity index is 1.71. The number of para-hydroxylation sites is 1. The molecule has 1 aliphatic rings. The van der Waals surface area contributed by atoms with Gasteiger partial charge in [-0.05, 0) is 48.7 Å². The van der Waals surface area contributed by atoms with E-state index in [9.17, 15) is 0 Å². The van der Waals surface area contributed by atoms with Crippen molar-refractivity contribution in [2.45, 2.75) is 19.4 Å². The van der Waals surface area contributed by atoms with E-state index in [2.05, 4.69) is 40.6 Å². The maximum Gasteiger partial charge on any atom is 0.0991 e. The van der Waals surface area contributed by atoms with Crippen LogP contribution in [0, 0.1) is 11.3 Å². The highest BCUT2D eigenvalue weighted by atomic mass is 15.1. The summed E-state index contributed by atoms with van der Waals surface area (Å²) in [5, 5.41) is 12.3. The van der Waals surface area contributed by atoms with Gasteiger partial charge in [-0.25, -0.2) is 0 Å². The summed E-state index contributed by atoms with van der Waals surface area (Å²) in [4.78, 5) is 2.47. The monoisotopic (exact) mass is 277 g/mol. The van der Waals surface area contributed by atoms with E-state index >= 15 is 0 Å². The van der Waals surface area contributed by atoms with Crippen LogP contribution in [0.3, 0.4) is 0 Å². The predicted octanol–water partition coefficient (Wildman–Crippen LogP) is 3.77. The van der Waals surface area contributed by atoms with Gasteiger partial charge >= 0.3 is 0 Å². The van der Waals surface area contributed by atoms with Crippen molar-refractivity contribution in [3.63, 3.8) is 0 Å². The smallest absolute Gasteiger partial charge is 0.0991 e. The number of nitriles is 1. The van der Waals surface area contributed by atoms with Gasteiger partial charge in [-0.2, -0.15) is 5.26 Å². The van der Waals surface area contributed by atoms with Crippen molar-refractivity contribution in [1.29, 1.82) is 5.26 Å². The zero-order valence-corrected chi connectivity index (χ0v) is 12.0. The molecule has 1 N–H and O–H groups in total. The molecule has 3 heteroatoms. The van der Waals surface area contributed by atoms with E-state index in [0.717, 1.165) is 25.3 Å². The number of hydrogen-bond acceptors (Lipinski definition) is 3. The summed E-state index contributed by atoms with van der Waals surface area (Å²) in [5.74, 6) is 0. The van der Waals surface area contributed by atoms with Crippen LogP contribution >= 0.6 is 0 Å². The molecule has 3 nitrogen and oxygen atoms in total. The molecule has 106 valence electrons. The van der Waals surface area contributed by atoms with E-state index < -0.39 is 0 Å². The van der Waals surface area contributed by atoms with Crippen LogP contribution in [0.4, 0.5) is 11.4 Å². The third-order valence-electron chi connectivity index (χ3n) is 3.94. The standard InChI is InChI=1S/C18H19N3/c19-13-15-7-9-17(10-8-15)20-14-16-5-1-2-6-18(16)21-11-3-4-12-21/h1-2,5-10,20H,3-4,11-12,14H2. The maximum absolute atomic E-state index is 8.82. The van der Waals surface area contributed by atoms with E-state index in [1.165, 1.54) is 24.1 Å². The lowest BCUT2D eigenvalue weighted by Gasteiger charge is -2.21. The molecule has 0 radical (unpaired) electrons. The van der Waals surface area contributed by atoms with Crippen LogP contribution in [0.1, 0.15) is 24.0 Å². The molecule has 0 unspecified atom stereocenters. The third kappa shape index (κ3) is 3.17. The molecular formula is C18H19N3. The van der Waals surface area contributed by atoms with Crippen molar-refractivity contribution in [2.24, 2.45) is 0 Å². The number of anilines is 2. The average Bonchev–Trinajstić information content (AvgIpc) is 3.08. The molecule has 0 amide bonds. The average molecular weight is 277 g/mol. The van der Waals surface area contributed by atoms with Crippen LogP contribution in [0.15, 0.2) is 48.5 Å². The van der Waals surface area contributed by atoms with Crippen LogP contribution in [-0.4, -0.2) is 13.1 Å². The summed E-state index contributed by atoms with van der Waals surface area (Å²) < 4.78 is 0. The van der Waals surface area contributed by atoms with Crippen LogP contribution in [0.25, 0.3) is 0 Å². The molecule has 3 rings (SSSR count). The number of nitrogens with zero attached hydrogens (tertiary/aromatic N) is 2. The molecule has 0 bridgehead atoms. The fourth-order valence-corrected chi connectivity index (χ4v) is 2.79. The zero-order chi connectivity index (χ0) is 14.5. The van der Waals surface area contributed by atoms with Crippen molar-refractivity contribution in [3.05, 3.63) is 59.7 Å². The minimum Gasteiger partial charge on any atom is -0.381 e. The van der Waals surface area contributed by atoms with Gasteiger partial charge in [-0.15, -0.1) is 0 Å². The first-order chi connectivity index (χ1) is 10.4. The minimum absolute atomic E-state index is 0.693. The van der Waals surface area contributed by atoms with Gasteiger partial charge in [0.1, 0.15) is 0 Å². The fourth-order valence-electron chi connectivity index (χ4n) is 2.79. The topological polar surface area (TPSA) is 39.1 Å². The summed E-state index contributed by atoms with van der Waals surface area (Å²) >= 11 is 0. The Kier molecular flexibility index (Phi) is 4.07. The van der Waals surface area contributed by atoms with Gasteiger partial charge in [0.15, 0.2) is 0 Å². The van der Waals surface area contributed by atoms with Crippen LogP contribution in [0.2, 0.25) is 0 Å². The highest BCUT2D eigenvalue weighted by molar-refractivity contribution is 5.56. The normalized spacial score (nSPS) is 14.0. The maximum atomic E-state index is 8.82. The van der Waals surface area contributed by atoms with Gasteiger partial charge in [0.05, 0.1) is 11.6 Å². The Morgan fingerprint density at radius 3 is 2.43 bits per heavy atom. The molecule has 0 saturated carbocycles. The molecule has 1 aliphatic heterocycles. The van der Waals surface area contributed by atoms with E-state index in [0.29, 0.717) is 5.56 Å². The van der Waals surface area contributed by atoms with Gasteiger partial charge in [-0.3, -0.25) is 0 Å². The summed E-state index contributed by atoms with van der Waals surface area (Å²) in [7, 11) is 0. The number of nitrogens with one attached hydrogen (secondary N) is 1. The summed E-state index contributed by atoms with van der Waals surface area (Å²) in [5.41, 5.74) is 4.41. The Bertz CT molecular complexity index is 634. The van der Waals surface area contributed by atoms with Gasteiger partial charge < -0.3 is 10.2 Å². The van der Waals surface area contributed by atoms with Crippen LogP contribution < -0.4 is 10.2 Å². The number of benzene rings is 2. The first-order valence-electron chi connectivity index (χ1n) is 7.44. The van der Waals surface area contributed by atoms with E-state index in [1.807, 2.05) is 24.3 Å². The van der Waals surface area contributed by atoms with Crippen molar-refractivity contribution >= 4 is 11.4 Å². The largest absolute Gasteiger partial charge is 0.381 e. The summed E-state index contributed by atoms with van der Waals surface area (Å²) in [6.45, 7) is 3.13. The molecule has 0 spiro atoms. The van der Waals surface area contributed by atoms with Crippen molar-refractivity contribution in [1.82, 2.24) is 0 Å². The lowest BCUT2D eigenvalue weighted by Crippen LogP contribution is -2.19. The second-order valence-corrected chi connectivity index (χ2v) is 5.37. The molecule has 0 atom stereocenters. The molecule has 1 saturated heterocycles. The predicted molar refractivity (Wildman–Crippen MR) is 86.4 cm³/mol. The Morgan fingerprint density at radius 1 is 1.00 bits per heavy atom. The third-order valence-corrected chi connectivity index (χ3v) is 3.94. The second kappa shape index (κ2) is 6.32. The molecule has 0 aromatic heterocycles. The molecule has 2 aromatic carbocycles. The van der Waals surface area contributed by atoms with Gasteiger partial charge in [0.25, 0.3) is 0 Å². The number of hydrogen-bond donors (Lipinski definition) is 1. The summed E-state index contributed by atoms with van der Waals surface area (Å²) in [6, 6.07) is 18.3. The van der Waals surface area contributed by atoms with Crippen molar-refractivity contribution < 1.29 is 0 Å². The zero-order valence-electron chi connectivity index (χ0n) is 12.0. The molecular weight excluding hydrogens is 258 g/mol. The van der Waals surface area contributed by atoms with Crippen LogP contribution in [0.5, 0.6) is 0 Å². The van der Waals surface area contributed by atoms with E-state index in [4.69, 9.17) is 5.26 Å². The molecule has 1 fully saturated rings. The minimum atomic E-state index is 0.693. The van der Waals surface area contributed by atoms with Crippen LogP contribution in [-0.2, 0) is 6.54 Å². The molecule has 2 aromatic rings. The Hall–Kier alpha value is -2.47. The first kappa shape index (κ1) is 13.5. The quantitative estimate of drug-likeness (QED) is 0.924. The SMILES string of the molecule is N#Cc1ccc(NCc2ccccc2N2CCCC2)cc1. The Morgan fingerprint density at radius 2 is 1.71 bits per heavy atom. The van der Waals surface area contributed by atoms with Crippen molar-refractivity contribution in [2.75, 3.05) is 23.3 Å². The lowest BCUT2D eigenvalue weighted by molar-refractivity contribution is 0.949. The van der Waals surface area contributed by atoms with Gasteiger partial charge in [0, 0.05) is 31.0 Å². The highest BCUT2D eigenvalue weighted by Crippen LogP contribution is 2.25.